The summed E-state index contributed by atoms with van der Waals surface area (Å²) in [7, 11) is 0. The summed E-state index contributed by atoms with van der Waals surface area (Å²) in [4.78, 5) is 23.2. The minimum Gasteiger partial charge on any atom is -0.433 e. The number of rotatable bonds is 4. The van der Waals surface area contributed by atoms with Crippen LogP contribution in [0.3, 0.4) is 0 Å². The maximum atomic E-state index is 11.6. The average Bonchev–Trinajstić information content (AvgIpc) is 2.09. The lowest BCUT2D eigenvalue weighted by Gasteiger charge is -2.41. The van der Waals surface area contributed by atoms with Crippen molar-refractivity contribution in [2.24, 2.45) is 0 Å². The van der Waals surface area contributed by atoms with E-state index in [2.05, 4.69) is 0 Å². The highest BCUT2D eigenvalue weighted by Gasteiger charge is 2.44. The topological polar surface area (TPSA) is 52.6 Å². The van der Waals surface area contributed by atoms with Crippen molar-refractivity contribution in [2.75, 3.05) is 0 Å². The Morgan fingerprint density at radius 3 is 2.53 bits per heavy atom. The van der Waals surface area contributed by atoms with Crippen molar-refractivity contribution in [3.8, 4) is 0 Å². The first kappa shape index (κ1) is 14.2. The summed E-state index contributed by atoms with van der Waals surface area (Å²) in [6.07, 6.45) is 2.64. The Morgan fingerprint density at radius 2 is 2.00 bits per heavy atom. The molecule has 1 fully saturated rings. The predicted molar refractivity (Wildman–Crippen MR) is 63.4 cm³/mol. The average molecular weight is 242 g/mol. The molecule has 0 N–H and O–H groups in total. The molecule has 0 saturated carbocycles. The van der Waals surface area contributed by atoms with Crippen LogP contribution in [-0.4, -0.2) is 23.1 Å². The fourth-order valence-electron chi connectivity index (χ4n) is 2.22. The normalized spacial score (nSPS) is 27.9. The molecule has 4 heteroatoms. The highest BCUT2D eigenvalue weighted by molar-refractivity contribution is 5.81. The van der Waals surface area contributed by atoms with E-state index >= 15 is 0 Å². The number of Topliss-reactive ketones (excluding diaryl/α,β-unsaturated/α-hetero) is 1. The van der Waals surface area contributed by atoms with Gasteiger partial charge in [0.15, 0.2) is 0 Å². The molecule has 0 aromatic rings. The summed E-state index contributed by atoms with van der Waals surface area (Å²) in [6.45, 7) is 7.35. The molecule has 98 valence electrons. The van der Waals surface area contributed by atoms with E-state index in [9.17, 15) is 9.59 Å². The molecule has 0 aliphatic carbocycles. The van der Waals surface area contributed by atoms with Gasteiger partial charge in [0, 0.05) is 19.8 Å². The zero-order chi connectivity index (χ0) is 13.1. The Hall–Kier alpha value is -0.900. The largest absolute Gasteiger partial charge is 0.433 e. The molecule has 1 unspecified atom stereocenters. The third kappa shape index (κ3) is 4.46. The van der Waals surface area contributed by atoms with Gasteiger partial charge in [0.1, 0.15) is 5.78 Å². The van der Waals surface area contributed by atoms with Crippen molar-refractivity contribution in [3.05, 3.63) is 0 Å². The first-order valence-corrected chi connectivity index (χ1v) is 6.20. The van der Waals surface area contributed by atoms with E-state index in [1.165, 1.54) is 0 Å². The van der Waals surface area contributed by atoms with E-state index in [0.717, 1.165) is 12.8 Å². The van der Waals surface area contributed by atoms with Gasteiger partial charge in [-0.15, -0.1) is 0 Å². The van der Waals surface area contributed by atoms with Gasteiger partial charge < -0.3 is 9.47 Å². The number of carbonyl (C=O) groups is 2. The molecule has 1 rings (SSSR count). The second-order valence-electron chi connectivity index (χ2n) is 5.47. The Balaban J connectivity index is 2.61. The van der Waals surface area contributed by atoms with Crippen molar-refractivity contribution in [2.45, 2.75) is 71.2 Å². The molecule has 1 aliphatic heterocycles. The van der Waals surface area contributed by atoms with E-state index in [-0.39, 0.29) is 18.2 Å². The van der Waals surface area contributed by atoms with Crippen molar-refractivity contribution in [1.29, 1.82) is 0 Å². The summed E-state index contributed by atoms with van der Waals surface area (Å²) in [5.41, 5.74) is -0.560. The lowest BCUT2D eigenvalue weighted by Crippen LogP contribution is -2.49. The third-order valence-corrected chi connectivity index (χ3v) is 2.70. The van der Waals surface area contributed by atoms with Crippen molar-refractivity contribution >= 4 is 11.8 Å². The van der Waals surface area contributed by atoms with Gasteiger partial charge in [-0.05, 0) is 20.3 Å². The second kappa shape index (κ2) is 5.17. The Kier molecular flexibility index (Phi) is 4.31. The number of unbranched alkanes of at least 4 members (excludes halogenated alkanes) is 1. The van der Waals surface area contributed by atoms with Crippen LogP contribution in [0, 0.1) is 0 Å². The maximum Gasteiger partial charge on any atom is 0.308 e. The number of ketones is 1. The molecule has 0 spiro atoms. The number of hydrogen-bond donors (Lipinski definition) is 0. The highest BCUT2D eigenvalue weighted by atomic mass is 16.7. The molecular weight excluding hydrogens is 220 g/mol. The standard InChI is InChI=1S/C13H22O4/c1-5-6-7-11(15)16-13(4)9-10(14)8-12(2,3)17-13/h5-9H2,1-4H3. The van der Waals surface area contributed by atoms with Crippen LogP contribution < -0.4 is 0 Å². The molecule has 0 radical (unpaired) electrons. The summed E-state index contributed by atoms with van der Waals surface area (Å²) < 4.78 is 11.0. The zero-order valence-electron chi connectivity index (χ0n) is 11.2. The van der Waals surface area contributed by atoms with E-state index < -0.39 is 11.4 Å². The predicted octanol–water partition coefficient (Wildman–Crippen LogP) is 2.59. The zero-order valence-corrected chi connectivity index (χ0v) is 11.2. The van der Waals surface area contributed by atoms with E-state index in [0.29, 0.717) is 12.8 Å². The quantitative estimate of drug-likeness (QED) is 0.711. The number of esters is 1. The SMILES string of the molecule is CCCCC(=O)OC1(C)CC(=O)CC(C)(C)O1. The molecule has 0 aromatic heterocycles. The smallest absolute Gasteiger partial charge is 0.308 e. The van der Waals surface area contributed by atoms with Gasteiger partial charge in [0.05, 0.1) is 12.0 Å². The second-order valence-corrected chi connectivity index (χ2v) is 5.47. The van der Waals surface area contributed by atoms with Crippen LogP contribution in [-0.2, 0) is 19.1 Å². The third-order valence-electron chi connectivity index (χ3n) is 2.70. The van der Waals surface area contributed by atoms with Gasteiger partial charge >= 0.3 is 5.97 Å². The monoisotopic (exact) mass is 242 g/mol. The maximum absolute atomic E-state index is 11.6. The van der Waals surface area contributed by atoms with Crippen LogP contribution in [0.4, 0.5) is 0 Å². The minimum atomic E-state index is -1.09. The van der Waals surface area contributed by atoms with Crippen LogP contribution in [0.1, 0.15) is 59.8 Å². The first-order chi connectivity index (χ1) is 7.76. The Labute approximate surface area is 103 Å². The van der Waals surface area contributed by atoms with Gasteiger partial charge in [-0.3, -0.25) is 9.59 Å². The van der Waals surface area contributed by atoms with Gasteiger partial charge in [0.25, 0.3) is 0 Å². The van der Waals surface area contributed by atoms with Gasteiger partial charge in [-0.2, -0.15) is 0 Å². The minimum absolute atomic E-state index is 0.0760. The van der Waals surface area contributed by atoms with Gasteiger partial charge in [-0.1, -0.05) is 13.3 Å². The van der Waals surface area contributed by atoms with Gasteiger partial charge in [-0.25, -0.2) is 0 Å². The molecule has 1 saturated heterocycles. The van der Waals surface area contributed by atoms with Crippen LogP contribution in [0.2, 0.25) is 0 Å². The summed E-state index contributed by atoms with van der Waals surface area (Å²) in [5.74, 6) is -1.31. The van der Waals surface area contributed by atoms with Crippen molar-refractivity contribution in [1.82, 2.24) is 0 Å². The van der Waals surface area contributed by atoms with E-state index in [4.69, 9.17) is 9.47 Å². The van der Waals surface area contributed by atoms with Crippen LogP contribution >= 0.6 is 0 Å². The molecule has 1 atom stereocenters. The number of ether oxygens (including phenoxy) is 2. The lowest BCUT2D eigenvalue weighted by molar-refractivity contribution is -0.273. The number of carbonyl (C=O) groups excluding carboxylic acids is 2. The Bertz CT molecular complexity index is 309. The van der Waals surface area contributed by atoms with Crippen LogP contribution in [0.15, 0.2) is 0 Å². The molecular formula is C13H22O4. The lowest BCUT2D eigenvalue weighted by atomic mass is 9.93. The highest BCUT2D eigenvalue weighted by Crippen LogP contribution is 2.34. The van der Waals surface area contributed by atoms with Crippen molar-refractivity contribution in [3.63, 3.8) is 0 Å². The summed E-state index contributed by atoms with van der Waals surface area (Å²) >= 11 is 0. The molecule has 0 amide bonds. The first-order valence-electron chi connectivity index (χ1n) is 6.20. The van der Waals surface area contributed by atoms with Crippen LogP contribution in [0.5, 0.6) is 0 Å². The molecule has 1 aliphatic rings. The Morgan fingerprint density at radius 1 is 1.35 bits per heavy atom. The van der Waals surface area contributed by atoms with Gasteiger partial charge in [0.2, 0.25) is 5.79 Å². The molecule has 0 bridgehead atoms. The van der Waals surface area contributed by atoms with Crippen LogP contribution in [0.25, 0.3) is 0 Å². The number of hydrogen-bond acceptors (Lipinski definition) is 4. The van der Waals surface area contributed by atoms with Crippen molar-refractivity contribution < 1.29 is 19.1 Å². The van der Waals surface area contributed by atoms with E-state index in [1.54, 1.807) is 6.92 Å². The fourth-order valence-corrected chi connectivity index (χ4v) is 2.22. The molecule has 4 nitrogen and oxygen atoms in total. The molecule has 17 heavy (non-hydrogen) atoms. The fraction of sp³-hybridized carbons (Fsp3) is 0.846. The summed E-state index contributed by atoms with van der Waals surface area (Å²) in [6, 6.07) is 0. The molecule has 0 aromatic carbocycles. The molecule has 1 heterocycles. The summed E-state index contributed by atoms with van der Waals surface area (Å²) in [5, 5.41) is 0. The van der Waals surface area contributed by atoms with E-state index in [1.807, 2.05) is 20.8 Å².